The molecule has 2 rings (SSSR count). The van der Waals surface area contributed by atoms with Gasteiger partial charge in [0.2, 0.25) is 0 Å². The minimum atomic E-state index is 0.234. The van der Waals surface area contributed by atoms with Crippen LogP contribution in [0.2, 0.25) is 0 Å². The molecule has 0 amide bonds. The molecule has 1 saturated carbocycles. The fraction of sp³-hybridized carbons (Fsp3) is 0.647. The van der Waals surface area contributed by atoms with Gasteiger partial charge in [0.05, 0.1) is 6.10 Å². The van der Waals surface area contributed by atoms with Gasteiger partial charge >= 0.3 is 0 Å². The molecule has 106 valence electrons. The Hall–Kier alpha value is -1.18. The third-order valence-corrected chi connectivity index (χ3v) is 4.09. The molecule has 2 atom stereocenters. The van der Waals surface area contributed by atoms with Gasteiger partial charge in [0.1, 0.15) is 5.75 Å². The smallest absolute Gasteiger partial charge is 0.120 e. The lowest BCUT2D eigenvalue weighted by atomic mass is 10.00. The molecule has 0 bridgehead atoms. The van der Waals surface area contributed by atoms with Crippen LogP contribution in [0.15, 0.2) is 18.2 Å². The van der Waals surface area contributed by atoms with Crippen molar-refractivity contribution >= 4 is 5.69 Å². The summed E-state index contributed by atoms with van der Waals surface area (Å²) in [5.41, 5.74) is 2.54. The zero-order chi connectivity index (χ0) is 13.8. The van der Waals surface area contributed by atoms with E-state index >= 15 is 0 Å². The summed E-state index contributed by atoms with van der Waals surface area (Å²) >= 11 is 0. The summed E-state index contributed by atoms with van der Waals surface area (Å²) in [5.74, 6) is 1.81. The molecule has 0 spiro atoms. The quantitative estimate of drug-likeness (QED) is 0.824. The summed E-state index contributed by atoms with van der Waals surface area (Å²) in [6, 6.07) is 7.03. The predicted octanol–water partition coefficient (Wildman–Crippen LogP) is 4.77. The monoisotopic (exact) mass is 261 g/mol. The van der Waals surface area contributed by atoms with E-state index in [1.165, 1.54) is 36.9 Å². The van der Waals surface area contributed by atoms with Gasteiger partial charge in [0.15, 0.2) is 0 Å². The van der Waals surface area contributed by atoms with Crippen LogP contribution in [-0.2, 0) is 0 Å². The zero-order valence-corrected chi connectivity index (χ0v) is 12.7. The summed E-state index contributed by atoms with van der Waals surface area (Å²) in [6.45, 7) is 8.58. The van der Waals surface area contributed by atoms with Gasteiger partial charge in [0.25, 0.3) is 0 Å². The van der Waals surface area contributed by atoms with Crippen LogP contribution in [0, 0.1) is 12.8 Å². The molecule has 0 aromatic heterocycles. The topological polar surface area (TPSA) is 21.3 Å². The van der Waals surface area contributed by atoms with E-state index in [1.807, 2.05) is 0 Å². The van der Waals surface area contributed by atoms with E-state index in [1.54, 1.807) is 0 Å². The van der Waals surface area contributed by atoms with E-state index in [0.29, 0.717) is 6.04 Å². The lowest BCUT2D eigenvalue weighted by Gasteiger charge is -2.22. The van der Waals surface area contributed by atoms with Crippen LogP contribution in [0.3, 0.4) is 0 Å². The van der Waals surface area contributed by atoms with Gasteiger partial charge in [-0.3, -0.25) is 0 Å². The van der Waals surface area contributed by atoms with E-state index in [2.05, 4.69) is 51.2 Å². The molecule has 1 aromatic rings. The average Bonchev–Trinajstić information content (AvgIpc) is 2.79. The van der Waals surface area contributed by atoms with Crippen molar-refractivity contribution in [3.8, 4) is 5.75 Å². The lowest BCUT2D eigenvalue weighted by Crippen LogP contribution is -2.23. The maximum atomic E-state index is 5.73. The van der Waals surface area contributed by atoms with Gasteiger partial charge in [-0.15, -0.1) is 0 Å². The number of ether oxygens (including phenoxy) is 1. The van der Waals surface area contributed by atoms with Crippen molar-refractivity contribution in [1.82, 2.24) is 0 Å². The second-order valence-electron chi connectivity index (χ2n) is 5.99. The molecule has 1 N–H and O–H groups in total. The van der Waals surface area contributed by atoms with Crippen LogP contribution in [0.5, 0.6) is 5.75 Å². The number of anilines is 1. The molecule has 0 aliphatic heterocycles. The Morgan fingerprint density at radius 3 is 2.74 bits per heavy atom. The van der Waals surface area contributed by atoms with Crippen LogP contribution in [0.4, 0.5) is 5.69 Å². The maximum absolute atomic E-state index is 5.73. The number of hydrogen-bond donors (Lipinski definition) is 1. The van der Waals surface area contributed by atoms with Gasteiger partial charge in [0, 0.05) is 11.7 Å². The predicted molar refractivity (Wildman–Crippen MR) is 82.0 cm³/mol. The van der Waals surface area contributed by atoms with Crippen molar-refractivity contribution in [2.24, 2.45) is 5.92 Å². The van der Waals surface area contributed by atoms with E-state index in [4.69, 9.17) is 4.74 Å². The van der Waals surface area contributed by atoms with Gasteiger partial charge in [-0.25, -0.2) is 0 Å². The molecule has 2 heteroatoms. The van der Waals surface area contributed by atoms with Crippen molar-refractivity contribution in [2.75, 3.05) is 5.32 Å². The summed E-state index contributed by atoms with van der Waals surface area (Å²) in [6.07, 6.45) is 5.57. The van der Waals surface area contributed by atoms with E-state index in [0.717, 1.165) is 11.7 Å². The molecule has 2 nitrogen and oxygen atoms in total. The standard InChI is InChI=1S/C17H27NO/c1-5-14-7-6-8-17(14)18-16-10-9-15(11-13(16)4)19-12(2)3/h9-12,14,17-18H,5-8H2,1-4H3. The summed E-state index contributed by atoms with van der Waals surface area (Å²) in [4.78, 5) is 0. The Labute approximate surface area is 117 Å². The Morgan fingerprint density at radius 2 is 2.11 bits per heavy atom. The van der Waals surface area contributed by atoms with E-state index in [-0.39, 0.29) is 6.10 Å². The molecule has 0 saturated heterocycles. The maximum Gasteiger partial charge on any atom is 0.120 e. The number of rotatable bonds is 5. The first kappa shape index (κ1) is 14.2. The fourth-order valence-electron chi connectivity index (χ4n) is 3.06. The molecule has 0 heterocycles. The molecular weight excluding hydrogens is 234 g/mol. The second-order valence-corrected chi connectivity index (χ2v) is 5.99. The molecule has 19 heavy (non-hydrogen) atoms. The van der Waals surface area contributed by atoms with Crippen LogP contribution >= 0.6 is 0 Å². The van der Waals surface area contributed by atoms with Crippen molar-refractivity contribution < 1.29 is 4.74 Å². The average molecular weight is 261 g/mol. The molecule has 1 aromatic carbocycles. The molecular formula is C17H27NO. The highest BCUT2D eigenvalue weighted by Crippen LogP contribution is 2.32. The number of hydrogen-bond acceptors (Lipinski definition) is 2. The minimum Gasteiger partial charge on any atom is -0.491 e. The number of nitrogens with one attached hydrogen (secondary N) is 1. The highest BCUT2D eigenvalue weighted by Gasteiger charge is 2.25. The first-order valence-corrected chi connectivity index (χ1v) is 7.64. The zero-order valence-electron chi connectivity index (χ0n) is 12.7. The van der Waals surface area contributed by atoms with E-state index < -0.39 is 0 Å². The first-order valence-electron chi connectivity index (χ1n) is 7.64. The number of benzene rings is 1. The summed E-state index contributed by atoms with van der Waals surface area (Å²) in [7, 11) is 0. The van der Waals surface area contributed by atoms with Crippen LogP contribution in [0.1, 0.15) is 52.0 Å². The van der Waals surface area contributed by atoms with Crippen molar-refractivity contribution in [3.05, 3.63) is 23.8 Å². The SMILES string of the molecule is CCC1CCCC1Nc1ccc(OC(C)C)cc1C. The van der Waals surface area contributed by atoms with Gasteiger partial charge < -0.3 is 10.1 Å². The summed E-state index contributed by atoms with van der Waals surface area (Å²) < 4.78 is 5.73. The normalized spacial score (nSPS) is 22.8. The molecule has 1 fully saturated rings. The summed E-state index contributed by atoms with van der Waals surface area (Å²) in [5, 5.41) is 3.74. The third-order valence-electron chi connectivity index (χ3n) is 4.09. The van der Waals surface area contributed by atoms with Crippen molar-refractivity contribution in [2.45, 2.75) is 65.5 Å². The highest BCUT2D eigenvalue weighted by molar-refractivity contribution is 5.54. The number of aryl methyl sites for hydroxylation is 1. The van der Waals surface area contributed by atoms with Crippen LogP contribution in [0.25, 0.3) is 0 Å². The van der Waals surface area contributed by atoms with Gasteiger partial charge in [-0.1, -0.05) is 19.8 Å². The first-order chi connectivity index (χ1) is 9.10. The Kier molecular flexibility index (Phi) is 4.73. The Bertz CT molecular complexity index is 414. The van der Waals surface area contributed by atoms with Crippen molar-refractivity contribution in [3.63, 3.8) is 0 Å². The molecule has 0 radical (unpaired) electrons. The fourth-order valence-corrected chi connectivity index (χ4v) is 3.06. The molecule has 1 aliphatic rings. The molecule has 2 unspecified atom stereocenters. The Balaban J connectivity index is 2.04. The van der Waals surface area contributed by atoms with Crippen LogP contribution < -0.4 is 10.1 Å². The second kappa shape index (κ2) is 6.31. The van der Waals surface area contributed by atoms with Crippen LogP contribution in [-0.4, -0.2) is 12.1 Å². The highest BCUT2D eigenvalue weighted by atomic mass is 16.5. The lowest BCUT2D eigenvalue weighted by molar-refractivity contribution is 0.242. The minimum absolute atomic E-state index is 0.234. The third kappa shape index (κ3) is 3.65. The van der Waals surface area contributed by atoms with Gasteiger partial charge in [-0.2, -0.15) is 0 Å². The van der Waals surface area contributed by atoms with Crippen molar-refractivity contribution in [1.29, 1.82) is 0 Å². The Morgan fingerprint density at radius 1 is 1.32 bits per heavy atom. The molecule has 1 aliphatic carbocycles. The largest absolute Gasteiger partial charge is 0.491 e. The van der Waals surface area contributed by atoms with Gasteiger partial charge in [-0.05, 0) is 63.3 Å². The van der Waals surface area contributed by atoms with E-state index in [9.17, 15) is 0 Å².